The molecular formula is C22H21N3O3. The van der Waals surface area contributed by atoms with E-state index < -0.39 is 5.91 Å². The largest absolute Gasteiger partial charge is 0.396 e. The number of rotatable bonds is 6. The first kappa shape index (κ1) is 18.0. The molecule has 0 saturated carbocycles. The van der Waals surface area contributed by atoms with Crippen molar-refractivity contribution in [1.82, 2.24) is 4.57 Å². The van der Waals surface area contributed by atoms with Gasteiger partial charge in [0.15, 0.2) is 0 Å². The monoisotopic (exact) mass is 375 g/mol. The molecule has 2 heterocycles. The van der Waals surface area contributed by atoms with E-state index in [4.69, 9.17) is 5.73 Å². The molecule has 4 rings (SSSR count). The molecule has 1 aliphatic heterocycles. The lowest BCUT2D eigenvalue weighted by Crippen LogP contribution is -2.20. The molecule has 0 radical (unpaired) electrons. The third-order valence-corrected chi connectivity index (χ3v) is 5.07. The number of benzene rings is 2. The van der Waals surface area contributed by atoms with E-state index in [0.717, 1.165) is 27.7 Å². The Labute approximate surface area is 162 Å². The number of carbonyl (C=O) groups excluding carboxylic acids is 2. The molecule has 3 aromatic rings. The highest BCUT2D eigenvalue weighted by Crippen LogP contribution is 2.35. The summed E-state index contributed by atoms with van der Waals surface area (Å²) in [5.74, 6) is -0.553. The number of amides is 2. The smallest absolute Gasteiger partial charge is 0.256 e. The molecule has 1 aliphatic rings. The van der Waals surface area contributed by atoms with Gasteiger partial charge in [-0.3, -0.25) is 9.59 Å². The van der Waals surface area contributed by atoms with Gasteiger partial charge in [0.2, 0.25) is 5.91 Å². The maximum atomic E-state index is 12.5. The molecular weight excluding hydrogens is 354 g/mol. The summed E-state index contributed by atoms with van der Waals surface area (Å²) in [7, 11) is 0. The fourth-order valence-corrected chi connectivity index (χ4v) is 3.81. The molecule has 4 N–H and O–H groups in total. The van der Waals surface area contributed by atoms with E-state index in [9.17, 15) is 14.7 Å². The van der Waals surface area contributed by atoms with Gasteiger partial charge in [-0.25, -0.2) is 0 Å². The number of aliphatic hydroxyl groups is 1. The van der Waals surface area contributed by atoms with Gasteiger partial charge in [0.25, 0.3) is 5.91 Å². The number of aliphatic hydroxyl groups excluding tert-OH is 1. The molecule has 1 unspecified atom stereocenters. The van der Waals surface area contributed by atoms with E-state index in [2.05, 4.69) is 5.32 Å². The summed E-state index contributed by atoms with van der Waals surface area (Å²) in [5, 5.41) is 13.3. The van der Waals surface area contributed by atoms with Crippen LogP contribution in [0.1, 0.15) is 30.0 Å². The number of nitrogens with two attached hydrogens (primary N) is 1. The van der Waals surface area contributed by atoms with E-state index in [0.29, 0.717) is 12.0 Å². The van der Waals surface area contributed by atoms with Crippen LogP contribution >= 0.6 is 0 Å². The number of nitrogens with zero attached hydrogens (tertiary/aromatic N) is 1. The summed E-state index contributed by atoms with van der Waals surface area (Å²) >= 11 is 0. The van der Waals surface area contributed by atoms with Gasteiger partial charge >= 0.3 is 0 Å². The lowest BCUT2D eigenvalue weighted by Gasteiger charge is -2.17. The number of carbonyl (C=O) groups is 2. The Balaban J connectivity index is 1.85. The molecule has 0 saturated heterocycles. The van der Waals surface area contributed by atoms with Crippen LogP contribution in [0, 0.1) is 0 Å². The number of primary amides is 1. The van der Waals surface area contributed by atoms with E-state index in [1.54, 1.807) is 0 Å². The molecule has 2 aromatic carbocycles. The first-order valence-electron chi connectivity index (χ1n) is 9.19. The Morgan fingerprint density at radius 1 is 1.18 bits per heavy atom. The molecule has 0 aliphatic carbocycles. The van der Waals surface area contributed by atoms with Gasteiger partial charge < -0.3 is 20.7 Å². The van der Waals surface area contributed by atoms with Crippen LogP contribution in [0.2, 0.25) is 0 Å². The highest BCUT2D eigenvalue weighted by atomic mass is 16.3. The second-order valence-electron chi connectivity index (χ2n) is 6.90. The number of nitrogens with one attached hydrogen (secondary N) is 1. The summed E-state index contributed by atoms with van der Waals surface area (Å²) in [4.78, 5) is 24.0. The standard InChI is InChI=1S/C22H21N3O3/c23-21(27)12-15(9-10-26)25-13-14(16-5-2-4-8-20(16)25)11-18-17-6-1-3-7-19(17)24-22(18)28/h1-8,11,13,15,26H,9-10,12H2,(H2,23,27)(H,24,28). The Morgan fingerprint density at radius 3 is 2.71 bits per heavy atom. The van der Waals surface area contributed by atoms with E-state index in [-0.39, 0.29) is 25.0 Å². The van der Waals surface area contributed by atoms with Gasteiger partial charge in [0.1, 0.15) is 0 Å². The third kappa shape index (κ3) is 3.18. The van der Waals surface area contributed by atoms with E-state index in [1.807, 2.05) is 65.4 Å². The predicted molar refractivity (Wildman–Crippen MR) is 109 cm³/mol. The molecule has 1 aromatic heterocycles. The maximum Gasteiger partial charge on any atom is 0.256 e. The summed E-state index contributed by atoms with van der Waals surface area (Å²) < 4.78 is 1.97. The minimum absolute atomic E-state index is 0.0450. The lowest BCUT2D eigenvalue weighted by molar-refractivity contribution is -0.118. The van der Waals surface area contributed by atoms with Crippen molar-refractivity contribution in [2.45, 2.75) is 18.9 Å². The number of anilines is 1. The van der Waals surface area contributed by atoms with Crippen molar-refractivity contribution < 1.29 is 14.7 Å². The predicted octanol–water partition coefficient (Wildman–Crippen LogP) is 2.93. The maximum absolute atomic E-state index is 12.5. The fraction of sp³-hybridized carbons (Fsp3) is 0.182. The van der Waals surface area contributed by atoms with Crippen molar-refractivity contribution in [2.75, 3.05) is 11.9 Å². The Kier molecular flexibility index (Phi) is 4.71. The third-order valence-electron chi connectivity index (χ3n) is 5.07. The van der Waals surface area contributed by atoms with Crippen molar-refractivity contribution in [2.24, 2.45) is 5.73 Å². The van der Waals surface area contributed by atoms with Crippen LogP contribution in [-0.2, 0) is 9.59 Å². The summed E-state index contributed by atoms with van der Waals surface area (Å²) in [6, 6.07) is 15.1. The lowest BCUT2D eigenvalue weighted by atomic mass is 10.0. The minimum atomic E-state index is -0.416. The fourth-order valence-electron chi connectivity index (χ4n) is 3.81. The van der Waals surface area contributed by atoms with E-state index >= 15 is 0 Å². The quantitative estimate of drug-likeness (QED) is 0.578. The topological polar surface area (TPSA) is 97.3 Å². The van der Waals surface area contributed by atoms with Crippen LogP contribution in [0.5, 0.6) is 0 Å². The molecule has 0 fully saturated rings. The zero-order valence-electron chi connectivity index (χ0n) is 15.3. The van der Waals surface area contributed by atoms with Crippen LogP contribution in [0.3, 0.4) is 0 Å². The number of aromatic nitrogens is 1. The van der Waals surface area contributed by atoms with Crippen molar-refractivity contribution in [3.05, 3.63) is 65.9 Å². The molecule has 1 atom stereocenters. The molecule has 0 spiro atoms. The van der Waals surface area contributed by atoms with Crippen LogP contribution in [0.15, 0.2) is 54.7 Å². The Hall–Kier alpha value is -3.38. The van der Waals surface area contributed by atoms with Gasteiger partial charge in [0.05, 0.1) is 0 Å². The zero-order chi connectivity index (χ0) is 19.7. The van der Waals surface area contributed by atoms with Gasteiger partial charge in [-0.15, -0.1) is 0 Å². The first-order valence-corrected chi connectivity index (χ1v) is 9.19. The molecule has 6 nitrogen and oxygen atoms in total. The Morgan fingerprint density at radius 2 is 1.93 bits per heavy atom. The van der Waals surface area contributed by atoms with Crippen molar-refractivity contribution in [3.8, 4) is 0 Å². The SMILES string of the molecule is NC(=O)CC(CCO)n1cc(C=C2C(=O)Nc3ccccc32)c2ccccc21. The highest BCUT2D eigenvalue weighted by Gasteiger charge is 2.24. The first-order chi connectivity index (χ1) is 13.6. The average Bonchev–Trinajstić information content (AvgIpc) is 3.20. The molecule has 142 valence electrons. The summed E-state index contributed by atoms with van der Waals surface area (Å²) in [5.41, 5.74) is 9.50. The number of para-hydroxylation sites is 2. The zero-order valence-corrected chi connectivity index (χ0v) is 15.3. The van der Waals surface area contributed by atoms with Gasteiger partial charge in [-0.1, -0.05) is 36.4 Å². The number of hydrogen-bond donors (Lipinski definition) is 3. The second-order valence-corrected chi connectivity index (χ2v) is 6.90. The number of hydrogen-bond acceptors (Lipinski definition) is 3. The summed E-state index contributed by atoms with van der Waals surface area (Å²) in [6.45, 7) is -0.0450. The van der Waals surface area contributed by atoms with Gasteiger partial charge in [-0.05, 0) is 24.6 Å². The van der Waals surface area contributed by atoms with Gasteiger partial charge in [-0.2, -0.15) is 0 Å². The van der Waals surface area contributed by atoms with Crippen molar-refractivity contribution in [1.29, 1.82) is 0 Å². The van der Waals surface area contributed by atoms with Crippen molar-refractivity contribution in [3.63, 3.8) is 0 Å². The molecule has 6 heteroatoms. The van der Waals surface area contributed by atoms with Crippen LogP contribution in [-0.4, -0.2) is 28.1 Å². The summed E-state index contributed by atoms with van der Waals surface area (Å²) in [6.07, 6.45) is 4.36. The molecule has 2 amide bonds. The van der Waals surface area contributed by atoms with Gasteiger partial charge in [0, 0.05) is 58.6 Å². The minimum Gasteiger partial charge on any atom is -0.396 e. The van der Waals surface area contributed by atoms with Crippen LogP contribution < -0.4 is 11.1 Å². The normalized spacial score (nSPS) is 15.6. The molecule has 28 heavy (non-hydrogen) atoms. The average molecular weight is 375 g/mol. The Bertz CT molecular complexity index is 1100. The van der Waals surface area contributed by atoms with Crippen LogP contribution in [0.25, 0.3) is 22.6 Å². The molecule has 0 bridgehead atoms. The number of fused-ring (bicyclic) bond motifs is 2. The second kappa shape index (κ2) is 7.32. The van der Waals surface area contributed by atoms with Crippen molar-refractivity contribution >= 4 is 40.1 Å². The van der Waals surface area contributed by atoms with E-state index in [1.165, 1.54) is 0 Å². The van der Waals surface area contributed by atoms with Crippen LogP contribution in [0.4, 0.5) is 5.69 Å². The highest BCUT2D eigenvalue weighted by molar-refractivity contribution is 6.35.